The van der Waals surface area contributed by atoms with Crippen LogP contribution in [0.25, 0.3) is 0 Å². The van der Waals surface area contributed by atoms with Crippen molar-refractivity contribution < 1.29 is 22.7 Å². The van der Waals surface area contributed by atoms with Crippen LogP contribution in [0.4, 0.5) is 13.2 Å². The monoisotopic (exact) mass is 575 g/mol. The van der Waals surface area contributed by atoms with Crippen LogP contribution in [0.1, 0.15) is 68.1 Å². The topological polar surface area (TPSA) is 46.1 Å². The van der Waals surface area contributed by atoms with Gasteiger partial charge in [0.1, 0.15) is 24.0 Å². The van der Waals surface area contributed by atoms with Crippen molar-refractivity contribution in [2.45, 2.75) is 64.1 Å². The van der Waals surface area contributed by atoms with Crippen LogP contribution >= 0.6 is 12.2 Å². The molecule has 1 N–H and O–H groups in total. The van der Waals surface area contributed by atoms with Gasteiger partial charge in [-0.1, -0.05) is 61.6 Å². The van der Waals surface area contributed by atoms with Gasteiger partial charge >= 0.3 is 6.18 Å². The van der Waals surface area contributed by atoms with Gasteiger partial charge in [0, 0.05) is 6.54 Å². The van der Waals surface area contributed by atoms with Crippen LogP contribution in [0.3, 0.4) is 0 Å². The number of oxime groups is 1. The van der Waals surface area contributed by atoms with Crippen molar-refractivity contribution in [2.75, 3.05) is 33.3 Å². The summed E-state index contributed by atoms with van der Waals surface area (Å²) in [5.41, 5.74) is 1.76. The minimum atomic E-state index is -4.35. The molecule has 2 aromatic carbocycles. The molecule has 2 aromatic rings. The van der Waals surface area contributed by atoms with Crippen molar-refractivity contribution >= 4 is 22.9 Å². The van der Waals surface area contributed by atoms with Gasteiger partial charge in [0.05, 0.1) is 11.3 Å². The predicted molar refractivity (Wildman–Crippen MR) is 157 cm³/mol. The van der Waals surface area contributed by atoms with E-state index in [4.69, 9.17) is 21.8 Å². The zero-order valence-electron chi connectivity index (χ0n) is 23.2. The van der Waals surface area contributed by atoms with Crippen molar-refractivity contribution in [3.05, 3.63) is 65.2 Å². The third kappa shape index (κ3) is 9.77. The van der Waals surface area contributed by atoms with Crippen molar-refractivity contribution in [2.24, 2.45) is 17.0 Å². The van der Waals surface area contributed by atoms with Crippen LogP contribution in [0, 0.1) is 11.8 Å². The third-order valence-electron chi connectivity index (χ3n) is 7.88. The minimum absolute atomic E-state index is 0.107. The molecular weight excluding hydrogens is 535 g/mol. The van der Waals surface area contributed by atoms with Crippen LogP contribution < -0.4 is 10.1 Å². The molecule has 2 fully saturated rings. The lowest BCUT2D eigenvalue weighted by molar-refractivity contribution is -0.137. The molecule has 0 aromatic heterocycles. The Balaban J connectivity index is 1.31. The number of benzene rings is 2. The van der Waals surface area contributed by atoms with Crippen molar-refractivity contribution in [3.63, 3.8) is 0 Å². The van der Waals surface area contributed by atoms with E-state index in [0.29, 0.717) is 29.0 Å². The van der Waals surface area contributed by atoms with E-state index in [-0.39, 0.29) is 6.61 Å². The van der Waals surface area contributed by atoms with Crippen molar-refractivity contribution in [1.29, 1.82) is 0 Å². The summed E-state index contributed by atoms with van der Waals surface area (Å²) in [7, 11) is 2.16. The largest absolute Gasteiger partial charge is 0.486 e. The van der Waals surface area contributed by atoms with E-state index >= 15 is 0 Å². The molecule has 0 radical (unpaired) electrons. The molecule has 0 unspecified atom stereocenters. The molecule has 0 spiro atoms. The average molecular weight is 576 g/mol. The maximum absolute atomic E-state index is 12.8. The number of rotatable bonds is 11. The first-order chi connectivity index (χ1) is 19.3. The first-order valence-corrected chi connectivity index (χ1v) is 14.7. The van der Waals surface area contributed by atoms with Gasteiger partial charge < -0.3 is 19.8 Å². The number of nitrogens with one attached hydrogen (secondary N) is 1. The minimum Gasteiger partial charge on any atom is -0.486 e. The highest BCUT2D eigenvalue weighted by Gasteiger charge is 2.30. The number of piperidine rings is 1. The molecule has 1 heterocycles. The lowest BCUT2D eigenvalue weighted by Crippen LogP contribution is -2.37. The number of hydrogen-bond donors (Lipinski definition) is 1. The van der Waals surface area contributed by atoms with Crippen LogP contribution in [-0.2, 0) is 17.6 Å². The lowest BCUT2D eigenvalue weighted by atomic mass is 9.84. The summed E-state index contributed by atoms with van der Waals surface area (Å²) in [4.78, 5) is 8.71. The molecule has 0 amide bonds. The molecule has 218 valence electrons. The van der Waals surface area contributed by atoms with Crippen LogP contribution in [-0.4, -0.2) is 48.9 Å². The Hall–Kier alpha value is -2.65. The van der Waals surface area contributed by atoms with Gasteiger partial charge in [0.25, 0.3) is 0 Å². The highest BCUT2D eigenvalue weighted by molar-refractivity contribution is 7.80. The quantitative estimate of drug-likeness (QED) is 0.174. The number of nitrogens with zero attached hydrogens (tertiary/aromatic N) is 2. The van der Waals surface area contributed by atoms with Crippen molar-refractivity contribution in [1.82, 2.24) is 10.2 Å². The van der Waals surface area contributed by atoms with Crippen LogP contribution in [0.15, 0.2) is 53.7 Å². The number of ether oxygens (including phenoxy) is 1. The summed E-state index contributed by atoms with van der Waals surface area (Å²) in [6, 6.07) is 12.8. The smallest absolute Gasteiger partial charge is 0.416 e. The first kappa shape index (κ1) is 30.3. The highest BCUT2D eigenvalue weighted by atomic mass is 32.1. The van der Waals surface area contributed by atoms with Gasteiger partial charge in [-0.15, -0.1) is 0 Å². The fraction of sp³-hybridized carbons (Fsp3) is 0.548. The van der Waals surface area contributed by atoms with E-state index in [9.17, 15) is 13.2 Å². The molecule has 40 heavy (non-hydrogen) atoms. The highest BCUT2D eigenvalue weighted by Crippen LogP contribution is 2.30. The van der Waals surface area contributed by atoms with Gasteiger partial charge in [-0.3, -0.25) is 0 Å². The average Bonchev–Trinajstić information content (AvgIpc) is 2.96. The summed E-state index contributed by atoms with van der Waals surface area (Å²) >= 11 is 5.48. The normalized spacial score (nSPS) is 17.9. The number of likely N-dealkylation sites (tertiary alicyclic amines) is 1. The van der Waals surface area contributed by atoms with E-state index in [2.05, 4.69) is 22.4 Å². The van der Waals surface area contributed by atoms with Crippen LogP contribution in [0.2, 0.25) is 0 Å². The Morgan fingerprint density at radius 3 is 2.27 bits per heavy atom. The summed E-state index contributed by atoms with van der Waals surface area (Å²) in [5.74, 6) is 1.93. The Labute approximate surface area is 241 Å². The Morgan fingerprint density at radius 1 is 0.950 bits per heavy atom. The van der Waals surface area contributed by atoms with E-state index in [1.165, 1.54) is 57.1 Å². The predicted octanol–water partition coefficient (Wildman–Crippen LogP) is 7.23. The second kappa shape index (κ2) is 14.8. The van der Waals surface area contributed by atoms with E-state index in [1.807, 2.05) is 24.3 Å². The molecule has 4 rings (SSSR count). The lowest BCUT2D eigenvalue weighted by Gasteiger charge is -2.29. The zero-order valence-corrected chi connectivity index (χ0v) is 24.0. The third-order valence-corrected chi connectivity index (χ3v) is 8.14. The Bertz CT molecular complexity index is 1090. The summed E-state index contributed by atoms with van der Waals surface area (Å²) in [6.45, 7) is 3.60. The Morgan fingerprint density at radius 2 is 1.62 bits per heavy atom. The summed E-state index contributed by atoms with van der Waals surface area (Å²) in [5, 5.41) is 7.81. The number of thiocarbonyl (C=S) groups is 1. The second-order valence-electron chi connectivity index (χ2n) is 11.1. The van der Waals surface area contributed by atoms with E-state index < -0.39 is 11.7 Å². The van der Waals surface area contributed by atoms with E-state index in [1.54, 1.807) is 0 Å². The fourth-order valence-corrected chi connectivity index (χ4v) is 5.46. The van der Waals surface area contributed by atoms with Gasteiger partial charge in [-0.05, 0) is 98.8 Å². The molecule has 1 saturated heterocycles. The maximum atomic E-state index is 12.8. The fourth-order valence-electron chi connectivity index (χ4n) is 5.32. The van der Waals surface area contributed by atoms with Gasteiger partial charge in [-0.2, -0.15) is 13.2 Å². The molecule has 1 aliphatic carbocycles. The van der Waals surface area contributed by atoms with E-state index in [0.717, 1.165) is 55.2 Å². The van der Waals surface area contributed by atoms with Gasteiger partial charge in [-0.25, -0.2) is 0 Å². The molecule has 0 atom stereocenters. The molecule has 1 aliphatic heterocycles. The Kier molecular flexibility index (Phi) is 11.2. The van der Waals surface area contributed by atoms with Crippen molar-refractivity contribution in [3.8, 4) is 5.75 Å². The molecule has 1 saturated carbocycles. The second-order valence-corrected chi connectivity index (χ2v) is 11.6. The standard InChI is InChI=1S/C31H40F3N3O2S/c1-37-17-15-24(16-18-37)20-35-30(40)22-38-28-13-9-26(10-14-28)29(19-23-5-3-2-4-6-23)36-39-21-25-7-11-27(12-8-25)31(32,33)34/h7-14,23-24H,2-6,15-22H2,1H3,(H,35,40). The zero-order chi connectivity index (χ0) is 28.4. The molecule has 9 heteroatoms. The molecule has 0 bridgehead atoms. The number of alkyl halides is 3. The summed E-state index contributed by atoms with van der Waals surface area (Å²) < 4.78 is 44.5. The van der Waals surface area contributed by atoms with Gasteiger partial charge in [0.15, 0.2) is 0 Å². The molecular formula is C31H40F3N3O2S. The number of hydrogen-bond acceptors (Lipinski definition) is 5. The van der Waals surface area contributed by atoms with Crippen LogP contribution in [0.5, 0.6) is 5.75 Å². The SMILES string of the molecule is CN1CCC(CNC(=S)COc2ccc(C(CC3CCCCC3)=NOCc3ccc(C(F)(F)F)cc3)cc2)CC1. The molecule has 5 nitrogen and oxygen atoms in total. The molecule has 2 aliphatic rings. The maximum Gasteiger partial charge on any atom is 0.416 e. The van der Waals surface area contributed by atoms with Gasteiger partial charge in [0.2, 0.25) is 0 Å². The summed E-state index contributed by atoms with van der Waals surface area (Å²) in [6.07, 6.45) is 4.88. The first-order valence-electron chi connectivity index (χ1n) is 14.3. The number of halogens is 3.